The number of imidazole rings is 1. The largest absolute Gasteiger partial charge is 0.337 e. The predicted molar refractivity (Wildman–Crippen MR) is 103 cm³/mol. The van der Waals surface area contributed by atoms with Crippen LogP contribution in [0.2, 0.25) is 0 Å². The fourth-order valence-corrected chi connectivity index (χ4v) is 4.11. The molecule has 7 heteroatoms. The van der Waals surface area contributed by atoms with E-state index in [2.05, 4.69) is 19.6 Å². The van der Waals surface area contributed by atoms with E-state index in [0.29, 0.717) is 11.2 Å². The molecule has 1 saturated heterocycles. The van der Waals surface area contributed by atoms with E-state index in [1.165, 1.54) is 6.42 Å². The third-order valence-corrected chi connectivity index (χ3v) is 5.45. The molecule has 0 radical (unpaired) electrons. The molecule has 0 saturated carbocycles. The van der Waals surface area contributed by atoms with Crippen molar-refractivity contribution < 1.29 is 4.79 Å². The molecule has 0 aliphatic carbocycles. The Balaban J connectivity index is 1.64. The number of aromatic nitrogens is 5. The molecule has 1 unspecified atom stereocenters. The Morgan fingerprint density at radius 2 is 2.11 bits per heavy atom. The van der Waals surface area contributed by atoms with Gasteiger partial charge in [-0.15, -0.1) is 0 Å². The first kappa shape index (κ1) is 17.7. The summed E-state index contributed by atoms with van der Waals surface area (Å²) in [6.45, 7) is 7.53. The highest BCUT2D eigenvalue weighted by atomic mass is 16.2. The summed E-state index contributed by atoms with van der Waals surface area (Å²) in [6, 6.07) is 2.23. The molecule has 4 rings (SSSR count). The van der Waals surface area contributed by atoms with E-state index in [0.717, 1.165) is 49.4 Å². The van der Waals surface area contributed by atoms with Gasteiger partial charge in [-0.25, -0.2) is 14.5 Å². The summed E-state index contributed by atoms with van der Waals surface area (Å²) in [5.74, 6) is 0.0651. The van der Waals surface area contributed by atoms with Gasteiger partial charge < -0.3 is 9.47 Å². The SMILES string of the molecule is Cc1cc(C)n2nc(C)c(C(=O)N3CCCCC3CCn3ccnc3)c2n1. The van der Waals surface area contributed by atoms with Gasteiger partial charge in [0, 0.05) is 42.9 Å². The lowest BCUT2D eigenvalue weighted by Crippen LogP contribution is -2.44. The second kappa shape index (κ2) is 7.13. The highest BCUT2D eigenvalue weighted by Crippen LogP contribution is 2.25. The van der Waals surface area contributed by atoms with Crippen LogP contribution >= 0.6 is 0 Å². The highest BCUT2D eigenvalue weighted by Gasteiger charge is 2.31. The van der Waals surface area contributed by atoms with Gasteiger partial charge in [0.15, 0.2) is 5.65 Å². The number of hydrogen-bond acceptors (Lipinski definition) is 4. The molecule has 1 aliphatic heterocycles. The van der Waals surface area contributed by atoms with Crippen molar-refractivity contribution in [1.29, 1.82) is 0 Å². The van der Waals surface area contributed by atoms with E-state index in [4.69, 9.17) is 0 Å². The summed E-state index contributed by atoms with van der Waals surface area (Å²) in [7, 11) is 0. The number of carbonyl (C=O) groups is 1. The monoisotopic (exact) mass is 366 g/mol. The molecular weight excluding hydrogens is 340 g/mol. The van der Waals surface area contributed by atoms with Crippen LogP contribution in [0, 0.1) is 20.8 Å². The lowest BCUT2D eigenvalue weighted by Gasteiger charge is -2.36. The molecule has 3 aromatic rings. The summed E-state index contributed by atoms with van der Waals surface area (Å²) in [5.41, 5.74) is 3.98. The second-order valence-corrected chi connectivity index (χ2v) is 7.47. The minimum atomic E-state index is 0.0651. The average Bonchev–Trinajstić information content (AvgIpc) is 3.27. The Hall–Kier alpha value is -2.70. The number of hydrogen-bond donors (Lipinski definition) is 0. The zero-order valence-electron chi connectivity index (χ0n) is 16.2. The van der Waals surface area contributed by atoms with Crippen LogP contribution in [-0.2, 0) is 6.54 Å². The van der Waals surface area contributed by atoms with Gasteiger partial charge in [-0.1, -0.05) is 0 Å². The second-order valence-electron chi connectivity index (χ2n) is 7.47. The Labute approximate surface area is 159 Å². The summed E-state index contributed by atoms with van der Waals surface area (Å²) in [5, 5.41) is 4.58. The zero-order valence-corrected chi connectivity index (χ0v) is 16.2. The molecule has 0 aromatic carbocycles. The minimum Gasteiger partial charge on any atom is -0.337 e. The van der Waals surface area contributed by atoms with Crippen LogP contribution in [0.3, 0.4) is 0 Å². The lowest BCUT2D eigenvalue weighted by molar-refractivity contribution is 0.0596. The van der Waals surface area contributed by atoms with E-state index >= 15 is 0 Å². The van der Waals surface area contributed by atoms with Crippen molar-refractivity contribution in [3.8, 4) is 0 Å². The quantitative estimate of drug-likeness (QED) is 0.712. The van der Waals surface area contributed by atoms with E-state index in [1.54, 1.807) is 10.7 Å². The Kier molecular flexibility index (Phi) is 4.68. The van der Waals surface area contributed by atoms with Gasteiger partial charge >= 0.3 is 0 Å². The molecule has 3 aromatic heterocycles. The molecule has 0 N–H and O–H groups in total. The van der Waals surface area contributed by atoms with E-state index < -0.39 is 0 Å². The first-order valence-corrected chi connectivity index (χ1v) is 9.65. The van der Waals surface area contributed by atoms with Crippen molar-refractivity contribution in [3.05, 3.63) is 47.4 Å². The Morgan fingerprint density at radius 1 is 1.26 bits per heavy atom. The first-order chi connectivity index (χ1) is 13.0. The Bertz CT molecular complexity index is 959. The van der Waals surface area contributed by atoms with Crippen molar-refractivity contribution in [3.63, 3.8) is 0 Å². The number of likely N-dealkylation sites (tertiary alicyclic amines) is 1. The zero-order chi connectivity index (χ0) is 19.0. The van der Waals surface area contributed by atoms with E-state index in [1.807, 2.05) is 44.3 Å². The summed E-state index contributed by atoms with van der Waals surface area (Å²) in [6.07, 6.45) is 9.80. The van der Waals surface area contributed by atoms with Crippen LogP contribution in [0.5, 0.6) is 0 Å². The topological polar surface area (TPSA) is 68.3 Å². The summed E-state index contributed by atoms with van der Waals surface area (Å²) in [4.78, 5) is 24.3. The number of rotatable bonds is 4. The van der Waals surface area contributed by atoms with Gasteiger partial charge in [0.2, 0.25) is 0 Å². The molecule has 27 heavy (non-hydrogen) atoms. The summed E-state index contributed by atoms with van der Waals surface area (Å²) < 4.78 is 3.87. The van der Waals surface area contributed by atoms with Crippen molar-refractivity contribution >= 4 is 11.6 Å². The van der Waals surface area contributed by atoms with Crippen LogP contribution in [0.4, 0.5) is 0 Å². The molecule has 7 nitrogen and oxygen atoms in total. The smallest absolute Gasteiger partial charge is 0.259 e. The maximum atomic E-state index is 13.5. The average molecular weight is 366 g/mol. The first-order valence-electron chi connectivity index (χ1n) is 9.65. The van der Waals surface area contributed by atoms with E-state index in [9.17, 15) is 4.79 Å². The molecule has 0 spiro atoms. The molecule has 1 aliphatic rings. The summed E-state index contributed by atoms with van der Waals surface area (Å²) >= 11 is 0. The lowest BCUT2D eigenvalue weighted by atomic mass is 9.98. The van der Waals surface area contributed by atoms with Crippen LogP contribution in [-0.4, -0.2) is 47.5 Å². The molecule has 142 valence electrons. The van der Waals surface area contributed by atoms with Crippen molar-refractivity contribution in [2.75, 3.05) is 6.54 Å². The number of amides is 1. The van der Waals surface area contributed by atoms with Crippen molar-refractivity contribution in [1.82, 2.24) is 29.0 Å². The molecule has 0 bridgehead atoms. The van der Waals surface area contributed by atoms with Gasteiger partial charge in [-0.2, -0.15) is 5.10 Å². The van der Waals surface area contributed by atoms with Crippen LogP contribution in [0.25, 0.3) is 5.65 Å². The molecular formula is C20H26N6O. The number of aryl methyl sites for hydroxylation is 4. The number of piperidine rings is 1. The minimum absolute atomic E-state index is 0.0651. The van der Waals surface area contributed by atoms with Crippen molar-refractivity contribution in [2.45, 2.75) is 59.0 Å². The molecule has 1 fully saturated rings. The van der Waals surface area contributed by atoms with Gasteiger partial charge in [0.1, 0.15) is 5.56 Å². The standard InChI is InChI=1S/C20H26N6O/c1-14-12-15(2)26-19(22-14)18(16(3)23-26)20(27)25-9-5-4-6-17(25)7-10-24-11-8-21-13-24/h8,11-13,17H,4-7,9-10H2,1-3H3. The maximum absolute atomic E-state index is 13.5. The van der Waals surface area contributed by atoms with Crippen LogP contribution < -0.4 is 0 Å². The van der Waals surface area contributed by atoms with Gasteiger partial charge in [0.25, 0.3) is 5.91 Å². The predicted octanol–water partition coefficient (Wildman–Crippen LogP) is 2.94. The third kappa shape index (κ3) is 3.34. The van der Waals surface area contributed by atoms with Crippen LogP contribution in [0.1, 0.15) is 53.1 Å². The number of carbonyl (C=O) groups excluding carboxylic acids is 1. The maximum Gasteiger partial charge on any atom is 0.259 e. The number of fused-ring (bicyclic) bond motifs is 1. The Morgan fingerprint density at radius 3 is 2.89 bits per heavy atom. The fourth-order valence-electron chi connectivity index (χ4n) is 4.11. The third-order valence-electron chi connectivity index (χ3n) is 5.45. The molecule has 1 atom stereocenters. The van der Waals surface area contributed by atoms with Crippen molar-refractivity contribution in [2.24, 2.45) is 0 Å². The van der Waals surface area contributed by atoms with Gasteiger partial charge in [-0.3, -0.25) is 4.79 Å². The molecule has 4 heterocycles. The number of nitrogens with zero attached hydrogens (tertiary/aromatic N) is 6. The van der Waals surface area contributed by atoms with Gasteiger partial charge in [0.05, 0.1) is 12.0 Å². The van der Waals surface area contributed by atoms with Gasteiger partial charge in [-0.05, 0) is 52.5 Å². The fraction of sp³-hybridized carbons (Fsp3) is 0.500. The van der Waals surface area contributed by atoms with Crippen LogP contribution in [0.15, 0.2) is 24.8 Å². The molecule has 1 amide bonds. The highest BCUT2D eigenvalue weighted by molar-refractivity contribution is 6.01. The van der Waals surface area contributed by atoms with E-state index in [-0.39, 0.29) is 11.9 Å². The normalized spacial score (nSPS) is 17.6.